The minimum Gasteiger partial charge on any atom is -0.379 e. The monoisotopic (exact) mass is 463 g/mol. The predicted molar refractivity (Wildman–Crippen MR) is 121 cm³/mol. The van der Waals surface area contributed by atoms with Crippen LogP contribution in [0.3, 0.4) is 0 Å². The molecule has 164 valence electrons. The summed E-state index contributed by atoms with van der Waals surface area (Å²) in [5, 5.41) is 7.55. The smallest absolute Gasteiger partial charge is 0.237 e. The molecule has 2 saturated heterocycles. The summed E-state index contributed by atoms with van der Waals surface area (Å²) in [4.78, 5) is 15.2. The number of rotatable bonds is 5. The lowest BCUT2D eigenvalue weighted by Crippen LogP contribution is -2.48. The van der Waals surface area contributed by atoms with Crippen molar-refractivity contribution in [3.05, 3.63) is 34.9 Å². The van der Waals surface area contributed by atoms with E-state index in [1.807, 2.05) is 18.2 Å². The molecule has 0 aromatic heterocycles. The maximum atomic E-state index is 12.8. The average Bonchev–Trinajstić information content (AvgIpc) is 3.14. The number of benzene rings is 1. The summed E-state index contributed by atoms with van der Waals surface area (Å²) in [5.74, 6) is 0.808. The number of fused-ring (bicyclic) bond motifs is 1. The van der Waals surface area contributed by atoms with Crippen molar-refractivity contribution >= 4 is 42.3 Å². The molecule has 2 N–H and O–H groups in total. The topological polar surface area (TPSA) is 53.6 Å². The number of hydrogen-bond donors (Lipinski definition) is 2. The quantitative estimate of drug-likeness (QED) is 0.699. The molecule has 1 saturated carbocycles. The Balaban J connectivity index is 0.00000150. The molecule has 0 radical (unpaired) electrons. The molecule has 29 heavy (non-hydrogen) atoms. The molecular weight excluding hydrogens is 433 g/mol. The van der Waals surface area contributed by atoms with Crippen LogP contribution in [0.4, 0.5) is 0 Å². The van der Waals surface area contributed by atoms with Crippen LogP contribution in [-0.2, 0) is 9.53 Å². The van der Waals surface area contributed by atoms with E-state index in [2.05, 4.69) is 21.6 Å². The summed E-state index contributed by atoms with van der Waals surface area (Å²) in [7, 11) is 0. The molecule has 4 unspecified atom stereocenters. The zero-order chi connectivity index (χ0) is 18.6. The first-order valence-electron chi connectivity index (χ1n) is 10.3. The summed E-state index contributed by atoms with van der Waals surface area (Å²) in [5.41, 5.74) is 1.08. The molecule has 0 spiro atoms. The highest BCUT2D eigenvalue weighted by molar-refractivity contribution is 6.31. The lowest BCUT2D eigenvalue weighted by atomic mass is 9.85. The fourth-order valence-corrected chi connectivity index (χ4v) is 5.17. The lowest BCUT2D eigenvalue weighted by Gasteiger charge is -2.35. The van der Waals surface area contributed by atoms with Crippen LogP contribution < -0.4 is 10.6 Å². The van der Waals surface area contributed by atoms with Gasteiger partial charge in [-0.15, -0.1) is 24.8 Å². The molecule has 3 fully saturated rings. The minimum absolute atomic E-state index is 0. The first kappa shape index (κ1) is 24.7. The second-order valence-corrected chi connectivity index (χ2v) is 8.44. The molecule has 4 rings (SSSR count). The first-order valence-corrected chi connectivity index (χ1v) is 10.7. The van der Waals surface area contributed by atoms with Gasteiger partial charge in [-0.05, 0) is 36.8 Å². The molecule has 8 heteroatoms. The van der Waals surface area contributed by atoms with Crippen LogP contribution in [0.15, 0.2) is 24.3 Å². The van der Waals surface area contributed by atoms with E-state index < -0.39 is 0 Å². The van der Waals surface area contributed by atoms with E-state index in [1.54, 1.807) is 0 Å². The average molecular weight is 465 g/mol. The molecule has 1 aromatic carbocycles. The third-order valence-corrected chi connectivity index (χ3v) is 6.74. The van der Waals surface area contributed by atoms with Gasteiger partial charge in [0.05, 0.1) is 25.3 Å². The van der Waals surface area contributed by atoms with Gasteiger partial charge in [-0.25, -0.2) is 0 Å². The maximum Gasteiger partial charge on any atom is 0.237 e. The van der Waals surface area contributed by atoms with Crippen molar-refractivity contribution in [1.82, 2.24) is 15.5 Å². The van der Waals surface area contributed by atoms with Crippen LogP contribution >= 0.6 is 36.4 Å². The Bertz CT molecular complexity index is 644. The Labute approximate surface area is 191 Å². The summed E-state index contributed by atoms with van der Waals surface area (Å²) < 4.78 is 5.51. The predicted octanol–water partition coefficient (Wildman–Crippen LogP) is 3.59. The summed E-state index contributed by atoms with van der Waals surface area (Å²) in [6, 6.07) is 8.52. The maximum absolute atomic E-state index is 12.8. The van der Waals surface area contributed by atoms with Gasteiger partial charge in [-0.1, -0.05) is 42.6 Å². The number of nitrogens with zero attached hydrogens (tertiary/aromatic N) is 1. The van der Waals surface area contributed by atoms with Crippen LogP contribution in [0.25, 0.3) is 0 Å². The highest BCUT2D eigenvalue weighted by Gasteiger charge is 2.38. The van der Waals surface area contributed by atoms with E-state index in [1.165, 1.54) is 25.7 Å². The van der Waals surface area contributed by atoms with Gasteiger partial charge in [-0.3, -0.25) is 9.69 Å². The van der Waals surface area contributed by atoms with Gasteiger partial charge in [-0.2, -0.15) is 0 Å². The molecule has 2 aliphatic heterocycles. The second kappa shape index (κ2) is 11.7. The van der Waals surface area contributed by atoms with Gasteiger partial charge in [0.2, 0.25) is 5.91 Å². The van der Waals surface area contributed by atoms with E-state index in [4.69, 9.17) is 16.3 Å². The van der Waals surface area contributed by atoms with Gasteiger partial charge in [0, 0.05) is 30.7 Å². The Morgan fingerprint density at radius 2 is 1.93 bits per heavy atom. The van der Waals surface area contributed by atoms with E-state index in [-0.39, 0.29) is 42.8 Å². The standard InChI is InChI=1S/C21H30ClN3O2.2ClH/c22-17-7-3-2-6-16(17)20(25-9-11-27-12-10-25)14-23-21(26)19-13-15-5-1-4-8-18(15)24-19;;/h2-3,6-7,15,18-20,24H,1,4-5,8-14H2,(H,23,26);2*1H. The Morgan fingerprint density at radius 1 is 1.21 bits per heavy atom. The molecule has 1 aliphatic carbocycles. The van der Waals surface area contributed by atoms with Gasteiger partial charge in [0.15, 0.2) is 0 Å². The van der Waals surface area contributed by atoms with Gasteiger partial charge < -0.3 is 15.4 Å². The molecule has 4 atom stereocenters. The van der Waals surface area contributed by atoms with Gasteiger partial charge >= 0.3 is 0 Å². The zero-order valence-corrected chi connectivity index (χ0v) is 19.0. The van der Waals surface area contributed by atoms with Crippen molar-refractivity contribution in [2.45, 2.75) is 50.2 Å². The number of amides is 1. The number of carbonyl (C=O) groups excluding carboxylic acids is 1. The molecule has 3 aliphatic rings. The second-order valence-electron chi connectivity index (χ2n) is 8.04. The van der Waals surface area contributed by atoms with Crippen molar-refractivity contribution in [1.29, 1.82) is 0 Å². The molecular formula is C21H32Cl3N3O2. The van der Waals surface area contributed by atoms with Crippen molar-refractivity contribution in [2.75, 3.05) is 32.8 Å². The number of ether oxygens (including phenoxy) is 1. The third-order valence-electron chi connectivity index (χ3n) is 6.40. The third kappa shape index (κ3) is 5.99. The first-order chi connectivity index (χ1) is 13.2. The molecule has 2 heterocycles. The van der Waals surface area contributed by atoms with Crippen LogP contribution in [-0.4, -0.2) is 55.7 Å². The summed E-state index contributed by atoms with van der Waals surface area (Å²) >= 11 is 6.48. The van der Waals surface area contributed by atoms with Crippen molar-refractivity contribution < 1.29 is 9.53 Å². The Hall–Kier alpha value is -0.560. The number of halogens is 3. The highest BCUT2D eigenvalue weighted by atomic mass is 35.5. The normalized spacial score (nSPS) is 27.8. The molecule has 0 bridgehead atoms. The number of morpholine rings is 1. The van der Waals surface area contributed by atoms with Crippen molar-refractivity contribution in [3.63, 3.8) is 0 Å². The van der Waals surface area contributed by atoms with Crippen LogP contribution in [0, 0.1) is 5.92 Å². The van der Waals surface area contributed by atoms with E-state index in [0.29, 0.717) is 18.5 Å². The SMILES string of the molecule is Cl.Cl.O=C(NCC(c1ccccc1Cl)N1CCOCC1)C1CC2CCCCC2N1. The Kier molecular flexibility index (Phi) is 9.99. The summed E-state index contributed by atoms with van der Waals surface area (Å²) in [6.07, 6.45) is 6.05. The Morgan fingerprint density at radius 3 is 2.66 bits per heavy atom. The fraction of sp³-hybridized carbons (Fsp3) is 0.667. The van der Waals surface area contributed by atoms with Crippen molar-refractivity contribution in [3.8, 4) is 0 Å². The van der Waals surface area contributed by atoms with Crippen LogP contribution in [0.1, 0.15) is 43.7 Å². The minimum atomic E-state index is -0.0466. The zero-order valence-electron chi connectivity index (χ0n) is 16.6. The number of carbonyl (C=O) groups is 1. The van der Waals surface area contributed by atoms with E-state index in [0.717, 1.165) is 43.3 Å². The van der Waals surface area contributed by atoms with Crippen LogP contribution in [0.5, 0.6) is 0 Å². The van der Waals surface area contributed by atoms with Gasteiger partial charge in [0.25, 0.3) is 0 Å². The number of nitrogens with one attached hydrogen (secondary N) is 2. The number of hydrogen-bond acceptors (Lipinski definition) is 4. The van der Waals surface area contributed by atoms with E-state index in [9.17, 15) is 4.79 Å². The highest BCUT2D eigenvalue weighted by Crippen LogP contribution is 2.33. The largest absolute Gasteiger partial charge is 0.379 e. The van der Waals surface area contributed by atoms with Crippen molar-refractivity contribution in [2.24, 2.45) is 5.92 Å². The van der Waals surface area contributed by atoms with Gasteiger partial charge in [0.1, 0.15) is 0 Å². The summed E-state index contributed by atoms with van der Waals surface area (Å²) in [6.45, 7) is 3.75. The molecule has 1 amide bonds. The fourth-order valence-electron chi connectivity index (χ4n) is 4.91. The molecule has 5 nitrogen and oxygen atoms in total. The molecule has 1 aromatic rings. The van der Waals surface area contributed by atoms with E-state index >= 15 is 0 Å². The van der Waals surface area contributed by atoms with Crippen LogP contribution in [0.2, 0.25) is 5.02 Å². The lowest BCUT2D eigenvalue weighted by molar-refractivity contribution is -0.123.